The van der Waals surface area contributed by atoms with E-state index in [1.165, 1.54) is 0 Å². The van der Waals surface area contributed by atoms with Crippen molar-refractivity contribution in [2.75, 3.05) is 7.11 Å². The summed E-state index contributed by atoms with van der Waals surface area (Å²) in [5, 5.41) is 9.12. The first-order valence-corrected chi connectivity index (χ1v) is 6.19. The molecule has 2 aromatic carbocycles. The van der Waals surface area contributed by atoms with Crippen LogP contribution in [0.5, 0.6) is 11.5 Å². The van der Waals surface area contributed by atoms with Gasteiger partial charge in [0.1, 0.15) is 24.2 Å². The van der Waals surface area contributed by atoms with Crippen LogP contribution in [0, 0.1) is 11.3 Å². The molecule has 0 unspecified atom stereocenters. The number of hydrogen-bond donors (Lipinski definition) is 0. The van der Waals surface area contributed by atoms with E-state index in [4.69, 9.17) is 14.7 Å². The van der Waals surface area contributed by atoms with Crippen molar-refractivity contribution in [3.63, 3.8) is 0 Å². The standard InChI is InChI=1S/C17H15NO2/c1-3-13-6-9-17(15(10-13)11-18)20-12-14-4-7-16(19-2)8-5-14/h3-10H,1,12H2,2H3. The fourth-order valence-corrected chi connectivity index (χ4v) is 1.77. The highest BCUT2D eigenvalue weighted by atomic mass is 16.5. The van der Waals surface area contributed by atoms with Crippen molar-refractivity contribution in [3.05, 3.63) is 65.7 Å². The molecule has 0 saturated carbocycles. The second-order valence-electron chi connectivity index (χ2n) is 4.21. The molecule has 3 nitrogen and oxygen atoms in total. The SMILES string of the molecule is C=Cc1ccc(OCc2ccc(OC)cc2)c(C#N)c1. The molecule has 2 rings (SSSR count). The maximum atomic E-state index is 9.12. The molecule has 0 aliphatic rings. The van der Waals surface area contributed by atoms with Crippen molar-refractivity contribution in [2.24, 2.45) is 0 Å². The van der Waals surface area contributed by atoms with Crippen LogP contribution in [-0.4, -0.2) is 7.11 Å². The Morgan fingerprint density at radius 2 is 1.95 bits per heavy atom. The van der Waals surface area contributed by atoms with Crippen molar-refractivity contribution in [3.8, 4) is 17.6 Å². The smallest absolute Gasteiger partial charge is 0.137 e. The molecule has 0 aromatic heterocycles. The first kappa shape index (κ1) is 13.7. The normalized spacial score (nSPS) is 9.60. The van der Waals surface area contributed by atoms with E-state index in [0.717, 1.165) is 16.9 Å². The maximum Gasteiger partial charge on any atom is 0.137 e. The summed E-state index contributed by atoms with van der Waals surface area (Å²) in [5.74, 6) is 1.38. The molecule has 0 aliphatic heterocycles. The maximum absolute atomic E-state index is 9.12. The van der Waals surface area contributed by atoms with E-state index in [1.807, 2.05) is 30.3 Å². The molecule has 0 atom stereocenters. The molecule has 3 heteroatoms. The lowest BCUT2D eigenvalue weighted by molar-refractivity contribution is 0.305. The van der Waals surface area contributed by atoms with Gasteiger partial charge in [0.05, 0.1) is 12.7 Å². The van der Waals surface area contributed by atoms with Gasteiger partial charge in [-0.25, -0.2) is 0 Å². The van der Waals surface area contributed by atoms with Gasteiger partial charge >= 0.3 is 0 Å². The van der Waals surface area contributed by atoms with Crippen LogP contribution in [-0.2, 0) is 6.61 Å². The Balaban J connectivity index is 2.10. The topological polar surface area (TPSA) is 42.2 Å². The average molecular weight is 265 g/mol. The van der Waals surface area contributed by atoms with Crippen molar-refractivity contribution in [2.45, 2.75) is 6.61 Å². The molecule has 0 spiro atoms. The van der Waals surface area contributed by atoms with E-state index in [-0.39, 0.29) is 0 Å². The Labute approximate surface area is 118 Å². The van der Waals surface area contributed by atoms with E-state index >= 15 is 0 Å². The van der Waals surface area contributed by atoms with Crippen LogP contribution in [0.15, 0.2) is 49.0 Å². The Bertz CT molecular complexity index is 639. The lowest BCUT2D eigenvalue weighted by atomic mass is 10.1. The predicted molar refractivity (Wildman–Crippen MR) is 78.6 cm³/mol. The predicted octanol–water partition coefficient (Wildman–Crippen LogP) is 3.79. The fourth-order valence-electron chi connectivity index (χ4n) is 1.77. The van der Waals surface area contributed by atoms with Crippen molar-refractivity contribution in [1.82, 2.24) is 0 Å². The van der Waals surface area contributed by atoms with Gasteiger partial charge in [-0.15, -0.1) is 0 Å². The van der Waals surface area contributed by atoms with E-state index in [2.05, 4.69) is 12.6 Å². The quantitative estimate of drug-likeness (QED) is 0.826. The molecule has 0 saturated heterocycles. The minimum atomic E-state index is 0.409. The number of ether oxygens (including phenoxy) is 2. The summed E-state index contributed by atoms with van der Waals surface area (Å²) in [6, 6.07) is 15.2. The molecule has 0 radical (unpaired) electrons. The number of nitriles is 1. The molecule has 0 N–H and O–H groups in total. The Kier molecular flexibility index (Phi) is 4.41. The molecular weight excluding hydrogens is 250 g/mol. The van der Waals surface area contributed by atoms with Crippen LogP contribution in [0.1, 0.15) is 16.7 Å². The molecule has 0 heterocycles. The molecular formula is C17H15NO2. The van der Waals surface area contributed by atoms with Crippen molar-refractivity contribution in [1.29, 1.82) is 5.26 Å². The second-order valence-corrected chi connectivity index (χ2v) is 4.21. The lowest BCUT2D eigenvalue weighted by Gasteiger charge is -2.09. The van der Waals surface area contributed by atoms with Gasteiger partial charge in [-0.05, 0) is 35.4 Å². The minimum absolute atomic E-state index is 0.409. The first-order valence-electron chi connectivity index (χ1n) is 6.19. The van der Waals surface area contributed by atoms with Crippen LogP contribution in [0.25, 0.3) is 6.08 Å². The number of hydrogen-bond acceptors (Lipinski definition) is 3. The molecule has 100 valence electrons. The molecule has 0 aliphatic carbocycles. The van der Waals surface area contributed by atoms with Crippen LogP contribution in [0.3, 0.4) is 0 Å². The fraction of sp³-hybridized carbons (Fsp3) is 0.118. The highest BCUT2D eigenvalue weighted by Crippen LogP contribution is 2.21. The van der Waals surface area contributed by atoms with Gasteiger partial charge in [-0.3, -0.25) is 0 Å². The number of methoxy groups -OCH3 is 1. The summed E-state index contributed by atoms with van der Waals surface area (Å²) in [4.78, 5) is 0. The zero-order valence-corrected chi connectivity index (χ0v) is 11.3. The van der Waals surface area contributed by atoms with Crippen molar-refractivity contribution >= 4 is 6.08 Å². The third-order valence-electron chi connectivity index (χ3n) is 2.91. The van der Waals surface area contributed by atoms with Gasteiger partial charge < -0.3 is 9.47 Å². The molecule has 0 bridgehead atoms. The first-order chi connectivity index (χ1) is 9.76. The third kappa shape index (κ3) is 3.18. The monoisotopic (exact) mass is 265 g/mol. The van der Waals surface area contributed by atoms with Gasteiger partial charge in [0.25, 0.3) is 0 Å². The van der Waals surface area contributed by atoms with Gasteiger partial charge in [0.2, 0.25) is 0 Å². The number of nitrogens with zero attached hydrogens (tertiary/aromatic N) is 1. The van der Waals surface area contributed by atoms with Gasteiger partial charge in [0, 0.05) is 0 Å². The van der Waals surface area contributed by atoms with Crippen LogP contribution >= 0.6 is 0 Å². The van der Waals surface area contributed by atoms with E-state index in [0.29, 0.717) is 17.9 Å². The van der Waals surface area contributed by atoms with Crippen molar-refractivity contribution < 1.29 is 9.47 Å². The summed E-state index contributed by atoms with van der Waals surface area (Å²) < 4.78 is 10.8. The van der Waals surface area contributed by atoms with Gasteiger partial charge in [-0.1, -0.05) is 30.9 Å². The number of benzene rings is 2. The number of rotatable bonds is 5. The third-order valence-corrected chi connectivity index (χ3v) is 2.91. The lowest BCUT2D eigenvalue weighted by Crippen LogP contribution is -1.97. The zero-order chi connectivity index (χ0) is 14.4. The molecule has 20 heavy (non-hydrogen) atoms. The molecule has 0 fully saturated rings. The van der Waals surface area contributed by atoms with E-state index in [1.54, 1.807) is 25.3 Å². The highest BCUT2D eigenvalue weighted by molar-refractivity contribution is 5.55. The van der Waals surface area contributed by atoms with Crippen LogP contribution in [0.2, 0.25) is 0 Å². The van der Waals surface area contributed by atoms with Gasteiger partial charge in [-0.2, -0.15) is 5.26 Å². The highest BCUT2D eigenvalue weighted by Gasteiger charge is 2.04. The largest absolute Gasteiger partial charge is 0.497 e. The van der Waals surface area contributed by atoms with Gasteiger partial charge in [0.15, 0.2) is 0 Å². The molecule has 0 amide bonds. The van der Waals surface area contributed by atoms with E-state index < -0.39 is 0 Å². The Morgan fingerprint density at radius 3 is 2.55 bits per heavy atom. The van der Waals surface area contributed by atoms with Crippen LogP contribution in [0.4, 0.5) is 0 Å². The second kappa shape index (κ2) is 6.44. The molecule has 2 aromatic rings. The summed E-state index contributed by atoms with van der Waals surface area (Å²) in [5.41, 5.74) is 2.43. The Morgan fingerprint density at radius 1 is 1.20 bits per heavy atom. The summed E-state index contributed by atoms with van der Waals surface area (Å²) >= 11 is 0. The van der Waals surface area contributed by atoms with E-state index in [9.17, 15) is 0 Å². The van der Waals surface area contributed by atoms with Crippen LogP contribution < -0.4 is 9.47 Å². The summed E-state index contributed by atoms with van der Waals surface area (Å²) in [6.07, 6.45) is 1.70. The summed E-state index contributed by atoms with van der Waals surface area (Å²) in [6.45, 7) is 4.09. The minimum Gasteiger partial charge on any atom is -0.497 e. The zero-order valence-electron chi connectivity index (χ0n) is 11.3. The summed E-state index contributed by atoms with van der Waals surface area (Å²) in [7, 11) is 1.63. The average Bonchev–Trinajstić information content (AvgIpc) is 2.53. The Hall–Kier alpha value is -2.73.